The predicted molar refractivity (Wildman–Crippen MR) is 35.9 cm³/mol. The van der Waals surface area contributed by atoms with Crippen molar-refractivity contribution < 1.29 is 19.1 Å². The van der Waals surface area contributed by atoms with Gasteiger partial charge in [0.15, 0.2) is 0 Å². The third-order valence-electron chi connectivity index (χ3n) is 0.693. The molecule has 5 heteroatoms. The molecule has 0 aliphatic carbocycles. The van der Waals surface area contributed by atoms with E-state index in [1.165, 1.54) is 0 Å². The molecule has 0 aromatic heterocycles. The highest BCUT2D eigenvalue weighted by Gasteiger charge is 2.18. The lowest BCUT2D eigenvalue weighted by Gasteiger charge is -2.03. The van der Waals surface area contributed by atoms with E-state index in [4.69, 9.17) is 5.02 Å². The van der Waals surface area contributed by atoms with Gasteiger partial charge in [0.1, 0.15) is 0 Å². The Morgan fingerprint density at radius 3 is 2.90 bits per heavy atom. The third kappa shape index (κ3) is 4.11. The number of rotatable bonds is 4. The molecular formula is C5H9BO4. The Balaban J connectivity index is 3.46. The lowest BCUT2D eigenvalue weighted by Crippen LogP contribution is -2.25. The minimum atomic E-state index is -1.48. The zero-order chi connectivity index (χ0) is 7.98. The number of carbonyl (C=O) groups excluding carboxylic acids is 1. The number of carbonyl (C=O) groups is 1. The van der Waals surface area contributed by atoms with E-state index in [0.717, 1.165) is 6.08 Å². The number of hydrogen-bond acceptors (Lipinski definition) is 4. The van der Waals surface area contributed by atoms with Crippen LogP contribution in [0.15, 0.2) is 12.7 Å². The summed E-state index contributed by atoms with van der Waals surface area (Å²) in [6, 6.07) is 0. The van der Waals surface area contributed by atoms with Gasteiger partial charge >= 0.3 is 13.3 Å². The molecule has 0 atom stereocenters. The fourth-order valence-corrected chi connectivity index (χ4v) is 0.324. The van der Waals surface area contributed by atoms with Crippen molar-refractivity contribution >= 4 is 13.3 Å². The van der Waals surface area contributed by atoms with E-state index in [1.807, 2.05) is 0 Å². The first-order valence-corrected chi connectivity index (χ1v) is 2.83. The van der Waals surface area contributed by atoms with Gasteiger partial charge in [-0.05, 0) is 6.92 Å². The first-order chi connectivity index (χ1) is 4.70. The third-order valence-corrected chi connectivity index (χ3v) is 0.693. The van der Waals surface area contributed by atoms with Gasteiger partial charge in [-0.25, -0.2) is 4.79 Å². The van der Waals surface area contributed by atoms with Crippen molar-refractivity contribution in [3.8, 4) is 0 Å². The van der Waals surface area contributed by atoms with E-state index in [0.29, 0.717) is 0 Å². The fourth-order valence-electron chi connectivity index (χ4n) is 0.324. The Hall–Kier alpha value is -0.805. The topological polar surface area (TPSA) is 55.8 Å². The molecule has 0 saturated heterocycles. The average Bonchev–Trinajstić information content (AvgIpc) is 1.88. The van der Waals surface area contributed by atoms with Gasteiger partial charge in [-0.3, -0.25) is 0 Å². The highest BCUT2D eigenvalue weighted by molar-refractivity contribution is 6.37. The smallest absolute Gasteiger partial charge is 0.482 e. The van der Waals surface area contributed by atoms with Crippen LogP contribution in [-0.4, -0.2) is 24.9 Å². The molecule has 0 unspecified atom stereocenters. The molecule has 4 nitrogen and oxygen atoms in total. The molecule has 0 aromatic carbocycles. The first kappa shape index (κ1) is 9.19. The summed E-state index contributed by atoms with van der Waals surface area (Å²) in [5.41, 5.74) is 0. The van der Waals surface area contributed by atoms with Crippen molar-refractivity contribution in [1.82, 2.24) is 0 Å². The highest BCUT2D eigenvalue weighted by atomic mass is 16.7. The molecule has 0 spiro atoms. The second-order valence-electron chi connectivity index (χ2n) is 1.40. The van der Waals surface area contributed by atoms with Gasteiger partial charge in [0.2, 0.25) is 0 Å². The molecule has 0 amide bonds. The number of hydrogen-bond donors (Lipinski definition) is 1. The van der Waals surface area contributed by atoms with Crippen LogP contribution in [0, 0.1) is 0 Å². The summed E-state index contributed by atoms with van der Waals surface area (Å²) in [5.74, 6) is -0.707. The van der Waals surface area contributed by atoms with E-state index in [9.17, 15) is 4.79 Å². The van der Waals surface area contributed by atoms with Crippen molar-refractivity contribution in [2.24, 2.45) is 0 Å². The summed E-state index contributed by atoms with van der Waals surface area (Å²) >= 11 is 0. The average molecular weight is 144 g/mol. The van der Waals surface area contributed by atoms with Gasteiger partial charge in [-0.2, -0.15) is 0 Å². The van der Waals surface area contributed by atoms with E-state index >= 15 is 0 Å². The van der Waals surface area contributed by atoms with Crippen LogP contribution < -0.4 is 0 Å². The maximum absolute atomic E-state index is 10.3. The van der Waals surface area contributed by atoms with Crippen LogP contribution in [0.4, 0.5) is 0 Å². The minimum Gasteiger partial charge on any atom is -0.482 e. The van der Waals surface area contributed by atoms with Gasteiger partial charge in [0.25, 0.3) is 0 Å². The van der Waals surface area contributed by atoms with Crippen LogP contribution in [0.5, 0.6) is 0 Å². The molecule has 0 rings (SSSR count). The quantitative estimate of drug-likeness (QED) is 0.435. The molecule has 0 bridgehead atoms. The second-order valence-corrected chi connectivity index (χ2v) is 1.40. The second kappa shape index (κ2) is 5.02. The standard InChI is InChI=1S/C5H9BO4/c1-3-5(7)10-6(8)9-4-2/h3,8H,1,4H2,2H3. The fraction of sp³-hybridized carbons (Fsp3) is 0.400. The predicted octanol–water partition coefficient (Wildman–Crippen LogP) is -0.271. The van der Waals surface area contributed by atoms with E-state index in [2.05, 4.69) is 15.9 Å². The van der Waals surface area contributed by atoms with Gasteiger partial charge in [0, 0.05) is 12.7 Å². The van der Waals surface area contributed by atoms with Crippen molar-refractivity contribution in [2.75, 3.05) is 6.61 Å². The van der Waals surface area contributed by atoms with E-state index < -0.39 is 13.3 Å². The zero-order valence-electron chi connectivity index (χ0n) is 5.74. The molecule has 0 aromatic rings. The van der Waals surface area contributed by atoms with Crippen LogP contribution in [-0.2, 0) is 14.1 Å². The molecule has 0 saturated carbocycles. The summed E-state index contributed by atoms with van der Waals surface area (Å²) in [5, 5.41) is 8.64. The van der Waals surface area contributed by atoms with Gasteiger partial charge in [-0.1, -0.05) is 6.58 Å². The summed E-state index contributed by atoms with van der Waals surface area (Å²) in [6.07, 6.45) is 0.947. The maximum atomic E-state index is 10.3. The van der Waals surface area contributed by atoms with Crippen molar-refractivity contribution in [3.05, 3.63) is 12.7 Å². The van der Waals surface area contributed by atoms with Crippen LogP contribution in [0.3, 0.4) is 0 Å². The summed E-state index contributed by atoms with van der Waals surface area (Å²) in [4.78, 5) is 10.3. The normalized spacial score (nSPS) is 8.60. The van der Waals surface area contributed by atoms with Gasteiger partial charge in [-0.15, -0.1) is 0 Å². The summed E-state index contributed by atoms with van der Waals surface area (Å²) in [7, 11) is -1.48. The summed E-state index contributed by atoms with van der Waals surface area (Å²) in [6.45, 7) is 5.09. The lowest BCUT2D eigenvalue weighted by molar-refractivity contribution is -0.131. The molecule has 1 N–H and O–H groups in total. The van der Waals surface area contributed by atoms with Crippen LogP contribution in [0.2, 0.25) is 0 Å². The molecule has 10 heavy (non-hydrogen) atoms. The first-order valence-electron chi connectivity index (χ1n) is 2.83. The Bertz CT molecular complexity index is 125. The molecule has 56 valence electrons. The Labute approximate surface area is 59.6 Å². The largest absolute Gasteiger partial charge is 0.712 e. The Morgan fingerprint density at radius 2 is 2.50 bits per heavy atom. The highest BCUT2D eigenvalue weighted by Crippen LogP contribution is 1.85. The molecule has 0 heterocycles. The molecule has 0 radical (unpaired) electrons. The van der Waals surface area contributed by atoms with Crippen LogP contribution in [0.25, 0.3) is 0 Å². The van der Waals surface area contributed by atoms with Gasteiger partial charge < -0.3 is 14.3 Å². The molecule has 0 aliphatic rings. The van der Waals surface area contributed by atoms with Crippen molar-refractivity contribution in [1.29, 1.82) is 0 Å². The molecule has 0 fully saturated rings. The van der Waals surface area contributed by atoms with Gasteiger partial charge in [0.05, 0.1) is 0 Å². The Morgan fingerprint density at radius 1 is 1.90 bits per heavy atom. The SMILES string of the molecule is C=CC(=O)OB(O)OCC. The summed E-state index contributed by atoms with van der Waals surface area (Å²) < 4.78 is 8.70. The van der Waals surface area contributed by atoms with Crippen LogP contribution in [0.1, 0.15) is 6.92 Å². The van der Waals surface area contributed by atoms with Crippen molar-refractivity contribution in [3.63, 3.8) is 0 Å². The zero-order valence-corrected chi connectivity index (χ0v) is 5.74. The lowest BCUT2D eigenvalue weighted by atomic mass is 10.2. The minimum absolute atomic E-state index is 0.283. The van der Waals surface area contributed by atoms with Crippen molar-refractivity contribution in [2.45, 2.75) is 6.92 Å². The molecule has 0 aliphatic heterocycles. The van der Waals surface area contributed by atoms with E-state index in [1.54, 1.807) is 6.92 Å². The van der Waals surface area contributed by atoms with E-state index in [-0.39, 0.29) is 6.61 Å². The maximum Gasteiger partial charge on any atom is 0.712 e. The monoisotopic (exact) mass is 144 g/mol. The Kier molecular flexibility index (Phi) is 4.61. The molecular weight excluding hydrogens is 135 g/mol. The van der Waals surface area contributed by atoms with Crippen LogP contribution >= 0.6 is 0 Å².